The zero-order valence-corrected chi connectivity index (χ0v) is 39.2. The number of alkyl halides is 3. The average molecular weight is 986 g/mol. The molecule has 5 aromatic carbocycles. The van der Waals surface area contributed by atoms with E-state index in [4.69, 9.17) is 16.3 Å². The van der Waals surface area contributed by atoms with Crippen LogP contribution >= 0.6 is 23.4 Å². The fraction of sp³-hybridized carbons (Fsp3) is 0.367. The van der Waals surface area contributed by atoms with Crippen molar-refractivity contribution in [2.24, 2.45) is 11.8 Å². The number of hydrogen-bond acceptors (Lipinski definition) is 11. The van der Waals surface area contributed by atoms with Crippen LogP contribution < -0.4 is 4.90 Å². The minimum Gasteiger partial charge on any atom is -0.395 e. The Hall–Kier alpha value is -4.26. The molecule has 352 valence electrons. The van der Waals surface area contributed by atoms with Crippen molar-refractivity contribution < 1.29 is 49.8 Å². The molecule has 0 bridgehead atoms. The van der Waals surface area contributed by atoms with E-state index in [0.29, 0.717) is 75.5 Å². The lowest BCUT2D eigenvalue weighted by atomic mass is 9.84. The second kappa shape index (κ2) is 21.8. The topological polar surface area (TPSA) is 142 Å². The van der Waals surface area contributed by atoms with Crippen molar-refractivity contribution >= 4 is 54.5 Å². The highest BCUT2D eigenvalue weighted by atomic mass is 35.5. The first-order chi connectivity index (χ1) is 31.5. The van der Waals surface area contributed by atoms with Gasteiger partial charge in [-0.2, -0.15) is 13.2 Å². The summed E-state index contributed by atoms with van der Waals surface area (Å²) in [7, 11) is -10.6. The summed E-state index contributed by atoms with van der Waals surface area (Å²) in [6.07, 6.45) is 1.01. The fourth-order valence-corrected chi connectivity index (χ4v) is 12.2. The Morgan fingerprint density at radius 3 is 2.23 bits per heavy atom. The Morgan fingerprint density at radius 2 is 1.55 bits per heavy atom. The van der Waals surface area contributed by atoms with Gasteiger partial charge in [-0.1, -0.05) is 72.3 Å². The molecule has 17 heteroatoms. The smallest absolute Gasteiger partial charge is 0.395 e. The van der Waals surface area contributed by atoms with Gasteiger partial charge in [0.25, 0.3) is 9.84 Å². The maximum absolute atomic E-state index is 14.3. The number of ketones is 1. The molecule has 2 heterocycles. The Labute approximate surface area is 393 Å². The number of ether oxygens (including phenoxy) is 1. The van der Waals surface area contributed by atoms with Gasteiger partial charge in [0.2, 0.25) is 0 Å². The van der Waals surface area contributed by atoms with Crippen molar-refractivity contribution in [3.8, 4) is 11.1 Å². The second-order valence-corrected chi connectivity index (χ2v) is 22.2. The summed E-state index contributed by atoms with van der Waals surface area (Å²) < 4.78 is 102. The van der Waals surface area contributed by atoms with Crippen LogP contribution in [0, 0.1) is 11.8 Å². The Balaban J connectivity index is 1.03. The summed E-state index contributed by atoms with van der Waals surface area (Å²) in [5.41, 5.74) is -2.34. The predicted octanol–water partition coefficient (Wildman–Crippen LogP) is 8.94. The maximum Gasteiger partial charge on any atom is 0.501 e. The van der Waals surface area contributed by atoms with Crippen LogP contribution in [0.15, 0.2) is 136 Å². The highest BCUT2D eigenvalue weighted by Crippen LogP contribution is 2.39. The first-order valence-corrected chi connectivity index (χ1v) is 26.2. The van der Waals surface area contributed by atoms with E-state index in [2.05, 4.69) is 4.90 Å². The summed E-state index contributed by atoms with van der Waals surface area (Å²) in [6, 6.07) is 33.4. The quantitative estimate of drug-likeness (QED) is 0.0643. The van der Waals surface area contributed by atoms with E-state index in [0.717, 1.165) is 39.4 Å². The van der Waals surface area contributed by atoms with Crippen molar-refractivity contribution in [2.75, 3.05) is 62.4 Å². The van der Waals surface area contributed by atoms with Crippen molar-refractivity contribution in [2.45, 2.75) is 58.0 Å². The van der Waals surface area contributed by atoms with Crippen LogP contribution in [-0.2, 0) is 30.8 Å². The first-order valence-electron chi connectivity index (χ1n) is 21.7. The SMILES string of the molecule is O=C(CS(=O)(=O)c1ccc(C[C@H](CCN2CCOC[C@H]2CO)CSc2ccccc2)c(S(=O)(=O)C(F)(F)F)c1)c1ccc(N2CCC([C@@H](O)c3ccccc3-c3ccc(Cl)cc3)CC2)cc1. The Kier molecular flexibility index (Phi) is 16.4. The van der Waals surface area contributed by atoms with Crippen LogP contribution in [0.1, 0.15) is 46.9 Å². The number of rotatable bonds is 18. The predicted molar refractivity (Wildman–Crippen MR) is 252 cm³/mol. The normalized spacial score (nSPS) is 17.7. The van der Waals surface area contributed by atoms with Crippen LogP contribution in [0.5, 0.6) is 0 Å². The van der Waals surface area contributed by atoms with E-state index in [-0.39, 0.29) is 42.0 Å². The summed E-state index contributed by atoms with van der Waals surface area (Å²) >= 11 is 7.57. The van der Waals surface area contributed by atoms with Gasteiger partial charge in [0.15, 0.2) is 15.6 Å². The summed E-state index contributed by atoms with van der Waals surface area (Å²) in [4.78, 5) is 16.6. The van der Waals surface area contributed by atoms with Gasteiger partial charge in [-0.15, -0.1) is 11.8 Å². The van der Waals surface area contributed by atoms with Crippen molar-refractivity contribution in [3.63, 3.8) is 0 Å². The van der Waals surface area contributed by atoms with Crippen LogP contribution in [0.25, 0.3) is 11.1 Å². The number of piperidine rings is 1. The average Bonchev–Trinajstić information content (AvgIpc) is 3.32. The monoisotopic (exact) mass is 984 g/mol. The molecule has 0 unspecified atom stereocenters. The molecule has 0 saturated carbocycles. The standard InChI is InChI=1S/C49H52ClF3N2O8S3/c50-39-15-10-35(11-16-39)44-8-4-5-9-45(44)48(58)37-21-24-54(25-22-37)40-17-12-36(13-18-40)46(57)33-65(59,60)43-19-14-38(47(29-43)66(61,62)49(51,52)53)28-34(32-64-42-6-2-1-3-7-42)20-23-55-26-27-63-31-41(55)30-56/h1-19,29,34,37,41,48,56,58H,20-28,30-33H2/t34-,41+,48+/m0/s1. The lowest BCUT2D eigenvalue weighted by molar-refractivity contribution is -0.0436. The van der Waals surface area contributed by atoms with Gasteiger partial charge in [0, 0.05) is 46.6 Å². The number of carbonyl (C=O) groups excluding carboxylic acids is 1. The molecular formula is C49H52ClF3N2O8S3. The molecule has 66 heavy (non-hydrogen) atoms. The molecule has 0 amide bonds. The minimum atomic E-state index is -6.02. The third-order valence-electron chi connectivity index (χ3n) is 12.4. The molecule has 2 aliphatic heterocycles. The fourth-order valence-electron chi connectivity index (χ4n) is 8.63. The number of Topliss-reactive ketones (excluding diaryl/α,β-unsaturated/α-hetero) is 1. The number of hydrogen-bond donors (Lipinski definition) is 2. The highest BCUT2D eigenvalue weighted by Gasteiger charge is 2.48. The minimum absolute atomic E-state index is 0.0117. The van der Waals surface area contributed by atoms with Gasteiger partial charge in [0.1, 0.15) is 5.75 Å². The number of aliphatic hydroxyl groups excluding tert-OH is 2. The molecule has 2 fully saturated rings. The summed E-state index contributed by atoms with van der Waals surface area (Å²) in [5, 5.41) is 22.0. The Morgan fingerprint density at radius 1 is 0.864 bits per heavy atom. The number of anilines is 1. The van der Waals surface area contributed by atoms with E-state index < -0.39 is 52.6 Å². The molecule has 0 radical (unpaired) electrons. The number of halogens is 4. The van der Waals surface area contributed by atoms with E-state index in [1.165, 1.54) is 23.9 Å². The van der Waals surface area contributed by atoms with E-state index in [1.807, 2.05) is 83.8 Å². The second-order valence-electron chi connectivity index (χ2n) is 16.7. The van der Waals surface area contributed by atoms with Gasteiger partial charge in [-0.25, -0.2) is 16.8 Å². The van der Waals surface area contributed by atoms with Crippen LogP contribution in [-0.4, -0.2) is 107 Å². The number of morpholine rings is 1. The molecule has 7 rings (SSSR count). The highest BCUT2D eigenvalue weighted by molar-refractivity contribution is 7.99. The maximum atomic E-state index is 14.3. The first kappa shape index (κ1) is 49.6. The van der Waals surface area contributed by atoms with Gasteiger partial charge in [-0.3, -0.25) is 9.69 Å². The largest absolute Gasteiger partial charge is 0.501 e. The van der Waals surface area contributed by atoms with Crippen LogP contribution in [0.2, 0.25) is 5.02 Å². The number of nitrogens with zero attached hydrogens (tertiary/aromatic N) is 2. The Bertz CT molecular complexity index is 2650. The van der Waals surface area contributed by atoms with Crippen molar-refractivity contribution in [3.05, 3.63) is 143 Å². The zero-order chi connectivity index (χ0) is 47.1. The zero-order valence-electron chi connectivity index (χ0n) is 36.0. The van der Waals surface area contributed by atoms with Crippen molar-refractivity contribution in [1.82, 2.24) is 4.90 Å². The van der Waals surface area contributed by atoms with E-state index in [9.17, 15) is 45.0 Å². The number of thioether (sulfide) groups is 1. The molecule has 10 nitrogen and oxygen atoms in total. The molecule has 2 N–H and O–H groups in total. The third-order valence-corrected chi connectivity index (χ3v) is 17.1. The summed E-state index contributed by atoms with van der Waals surface area (Å²) in [6.45, 7) is 2.89. The molecule has 2 saturated heterocycles. The molecule has 0 aliphatic carbocycles. The molecule has 0 aromatic heterocycles. The number of carbonyl (C=O) groups is 1. The number of benzene rings is 5. The van der Waals surface area contributed by atoms with Gasteiger partial charge in [-0.05, 0) is 127 Å². The van der Waals surface area contributed by atoms with Crippen LogP contribution in [0.4, 0.5) is 18.9 Å². The van der Waals surface area contributed by atoms with E-state index >= 15 is 0 Å². The summed E-state index contributed by atoms with van der Waals surface area (Å²) in [5.74, 6) is -1.86. The molecule has 2 aliphatic rings. The van der Waals surface area contributed by atoms with Crippen LogP contribution in [0.3, 0.4) is 0 Å². The van der Waals surface area contributed by atoms with Gasteiger partial charge in [0.05, 0.1) is 41.8 Å². The lowest BCUT2D eigenvalue weighted by Gasteiger charge is -2.36. The number of sulfone groups is 2. The third kappa shape index (κ3) is 12.1. The van der Waals surface area contributed by atoms with Gasteiger partial charge >= 0.3 is 5.51 Å². The molecule has 5 aromatic rings. The van der Waals surface area contributed by atoms with Crippen molar-refractivity contribution in [1.29, 1.82) is 0 Å². The number of aliphatic hydroxyl groups is 2. The van der Waals surface area contributed by atoms with Gasteiger partial charge < -0.3 is 19.8 Å². The molecular weight excluding hydrogens is 933 g/mol. The molecule has 0 spiro atoms. The lowest BCUT2D eigenvalue weighted by Crippen LogP contribution is -2.48. The van der Waals surface area contributed by atoms with E-state index in [1.54, 1.807) is 12.1 Å². The molecule has 3 atom stereocenters.